The minimum Gasteiger partial charge on any atom is -0.497 e. The van der Waals surface area contributed by atoms with E-state index < -0.39 is 29.7 Å². The first-order chi connectivity index (χ1) is 36.6. The van der Waals surface area contributed by atoms with Gasteiger partial charge in [0.1, 0.15) is 29.3 Å². The van der Waals surface area contributed by atoms with Crippen LogP contribution in [0.1, 0.15) is 180 Å². The summed E-state index contributed by atoms with van der Waals surface area (Å²) in [6, 6.07) is 25.0. The highest BCUT2D eigenvalue weighted by Gasteiger charge is 2.59. The molecule has 8 rings (SSSR count). The number of fused-ring (bicyclic) bond motifs is 5. The zero-order chi connectivity index (χ0) is 54.0. The number of rotatable bonds is 25. The van der Waals surface area contributed by atoms with Gasteiger partial charge in [-0.25, -0.2) is 0 Å². The standard InChI is InChI=1S/C65H89NO10/c1-44(2)16-15-17-45(3)56-32-33-57-55-31-26-49-40-53(36-38-63(49,4)58(55)37-39-64(56,57)5)75-61(70)21-14-9-8-13-20-59(67)66-42-54(76-62(71)35-34-60(68)69)41-50(66)43-74-65(46-18-11-10-12-19-46,47-22-27-51(72-6)28-23-47)48-24-29-52(73-7)30-25-48/h10-12,18-19,22-30,44-45,50,53-58H,8-9,13-17,20-21,31-43H2,1-7H3,(H,68,69)/t45-,50+,53+,54-,55+,56-,57+,58+,63+,64-/m1/s1. The molecule has 3 aromatic rings. The Hall–Kier alpha value is -5.16. The van der Waals surface area contributed by atoms with E-state index in [9.17, 15) is 24.3 Å². The number of carbonyl (C=O) groups is 4. The number of nitrogens with zero attached hydrogens (tertiary/aromatic N) is 1. The molecule has 0 spiro atoms. The van der Waals surface area contributed by atoms with Crippen LogP contribution in [0.3, 0.4) is 0 Å². The van der Waals surface area contributed by atoms with E-state index in [0.717, 1.165) is 84.3 Å². The average molecular weight is 1040 g/mol. The van der Waals surface area contributed by atoms with Gasteiger partial charge in [0.15, 0.2) is 0 Å². The summed E-state index contributed by atoms with van der Waals surface area (Å²) in [6.07, 6.45) is 18.9. The smallest absolute Gasteiger partial charge is 0.306 e. The lowest BCUT2D eigenvalue weighted by atomic mass is 9.47. The Morgan fingerprint density at radius 3 is 1.96 bits per heavy atom. The topological polar surface area (TPSA) is 138 Å². The third-order valence-corrected chi connectivity index (χ3v) is 19.3. The largest absolute Gasteiger partial charge is 0.497 e. The van der Waals surface area contributed by atoms with Crippen molar-refractivity contribution in [2.45, 2.75) is 187 Å². The second-order valence-electron chi connectivity index (χ2n) is 24.3. The van der Waals surface area contributed by atoms with Crippen LogP contribution in [0.2, 0.25) is 0 Å². The average Bonchev–Trinajstić information content (AvgIpc) is 4.06. The molecule has 1 heterocycles. The fourth-order valence-electron chi connectivity index (χ4n) is 15.2. The predicted molar refractivity (Wildman–Crippen MR) is 296 cm³/mol. The van der Waals surface area contributed by atoms with Crippen molar-refractivity contribution in [2.24, 2.45) is 46.3 Å². The Kier molecular flexibility index (Phi) is 19.2. The lowest BCUT2D eigenvalue weighted by Crippen LogP contribution is -2.51. The molecular weight excluding hydrogens is 955 g/mol. The number of carbonyl (C=O) groups excluding carboxylic acids is 3. The van der Waals surface area contributed by atoms with Crippen LogP contribution in [0.15, 0.2) is 90.5 Å². The molecule has 3 saturated carbocycles. The Morgan fingerprint density at radius 1 is 0.684 bits per heavy atom. The van der Waals surface area contributed by atoms with Gasteiger partial charge in [0, 0.05) is 25.7 Å². The maximum absolute atomic E-state index is 14.2. The lowest BCUT2D eigenvalue weighted by Gasteiger charge is -2.58. The molecule has 1 amide bonds. The number of carboxylic acid groups (broad SMARTS) is 1. The van der Waals surface area contributed by atoms with Gasteiger partial charge in [-0.2, -0.15) is 0 Å². The molecule has 4 aliphatic carbocycles. The van der Waals surface area contributed by atoms with Crippen LogP contribution < -0.4 is 9.47 Å². The van der Waals surface area contributed by atoms with Crippen molar-refractivity contribution in [2.75, 3.05) is 27.4 Å². The number of hydrogen-bond acceptors (Lipinski definition) is 9. The van der Waals surface area contributed by atoms with Crippen LogP contribution in [0, 0.1) is 46.3 Å². The van der Waals surface area contributed by atoms with E-state index in [1.165, 1.54) is 51.4 Å². The van der Waals surface area contributed by atoms with Gasteiger partial charge in [0.05, 0.1) is 46.3 Å². The number of aliphatic carboxylic acids is 1. The molecular formula is C65H89NO10. The van der Waals surface area contributed by atoms with Gasteiger partial charge in [-0.05, 0) is 145 Å². The van der Waals surface area contributed by atoms with E-state index in [0.29, 0.717) is 42.6 Å². The molecule has 1 aliphatic heterocycles. The number of likely N-dealkylation sites (tertiary alicyclic amines) is 1. The van der Waals surface area contributed by atoms with Gasteiger partial charge in [-0.3, -0.25) is 19.2 Å². The van der Waals surface area contributed by atoms with Crippen molar-refractivity contribution >= 4 is 23.8 Å². The monoisotopic (exact) mass is 1040 g/mol. The van der Waals surface area contributed by atoms with E-state index in [2.05, 4.69) is 40.7 Å². The fourth-order valence-corrected chi connectivity index (χ4v) is 15.2. The molecule has 11 nitrogen and oxygen atoms in total. The van der Waals surface area contributed by atoms with Gasteiger partial charge in [-0.15, -0.1) is 0 Å². The first-order valence-corrected chi connectivity index (χ1v) is 29.2. The second kappa shape index (κ2) is 25.5. The van der Waals surface area contributed by atoms with Crippen molar-refractivity contribution in [1.29, 1.82) is 0 Å². The summed E-state index contributed by atoms with van der Waals surface area (Å²) in [7, 11) is 3.25. The zero-order valence-corrected chi connectivity index (χ0v) is 46.9. The first kappa shape index (κ1) is 57.0. The summed E-state index contributed by atoms with van der Waals surface area (Å²) in [5, 5.41) is 9.22. The van der Waals surface area contributed by atoms with E-state index in [4.69, 9.17) is 23.7 Å². The molecule has 4 fully saturated rings. The number of benzene rings is 3. The number of methoxy groups -OCH3 is 2. The van der Waals surface area contributed by atoms with Crippen molar-refractivity contribution < 1.29 is 48.0 Å². The maximum atomic E-state index is 14.2. The Bertz CT molecular complexity index is 2390. The third kappa shape index (κ3) is 12.9. The van der Waals surface area contributed by atoms with Crippen molar-refractivity contribution in [3.05, 3.63) is 107 Å². The van der Waals surface area contributed by atoms with Gasteiger partial charge >= 0.3 is 17.9 Å². The predicted octanol–water partition coefficient (Wildman–Crippen LogP) is 13.7. The highest BCUT2D eigenvalue weighted by molar-refractivity contribution is 5.78. The maximum Gasteiger partial charge on any atom is 0.306 e. The fraction of sp³-hybridized carbons (Fsp3) is 0.631. The van der Waals surface area contributed by atoms with Crippen LogP contribution in [-0.2, 0) is 39.0 Å². The number of carboxylic acids is 1. The van der Waals surface area contributed by atoms with Crippen molar-refractivity contribution in [3.63, 3.8) is 0 Å². The number of hydrogen-bond donors (Lipinski definition) is 1. The number of ether oxygens (including phenoxy) is 5. The number of unbranched alkanes of at least 4 members (excludes halogenated alkanes) is 3. The van der Waals surface area contributed by atoms with Gasteiger partial charge in [-0.1, -0.05) is 133 Å². The quantitative estimate of drug-likeness (QED) is 0.0378. The van der Waals surface area contributed by atoms with Crippen LogP contribution in [0.4, 0.5) is 0 Å². The van der Waals surface area contributed by atoms with Crippen LogP contribution in [-0.4, -0.2) is 79.4 Å². The molecule has 3 aromatic carbocycles. The molecule has 0 aromatic heterocycles. The van der Waals surface area contributed by atoms with Gasteiger partial charge in [0.25, 0.3) is 0 Å². The zero-order valence-electron chi connectivity index (χ0n) is 46.9. The second-order valence-corrected chi connectivity index (χ2v) is 24.3. The van der Waals surface area contributed by atoms with Crippen LogP contribution >= 0.6 is 0 Å². The van der Waals surface area contributed by atoms with E-state index in [-0.39, 0.29) is 55.8 Å². The molecule has 0 bridgehead atoms. The highest BCUT2D eigenvalue weighted by atomic mass is 16.5. The minimum absolute atomic E-state index is 0.0553. The summed E-state index contributed by atoms with van der Waals surface area (Å²) in [4.78, 5) is 53.4. The normalized spacial score (nSPS) is 27.4. The number of allylic oxidation sites excluding steroid dienone is 1. The summed E-state index contributed by atoms with van der Waals surface area (Å²) in [5.74, 6) is 4.32. The molecule has 11 heteroatoms. The summed E-state index contributed by atoms with van der Waals surface area (Å²) < 4.78 is 30.3. The van der Waals surface area contributed by atoms with E-state index in [1.807, 2.05) is 78.9 Å². The van der Waals surface area contributed by atoms with Crippen LogP contribution in [0.25, 0.3) is 0 Å². The molecule has 5 aliphatic rings. The first-order valence-electron chi connectivity index (χ1n) is 29.2. The van der Waals surface area contributed by atoms with Crippen LogP contribution in [0.5, 0.6) is 11.5 Å². The van der Waals surface area contributed by atoms with Crippen molar-refractivity contribution in [1.82, 2.24) is 4.90 Å². The summed E-state index contributed by atoms with van der Waals surface area (Å²) in [5.41, 5.74) is 3.68. The summed E-state index contributed by atoms with van der Waals surface area (Å²) in [6.45, 7) is 12.8. The lowest BCUT2D eigenvalue weighted by molar-refractivity contribution is -0.152. The Balaban J connectivity index is 0.845. The van der Waals surface area contributed by atoms with Gasteiger partial charge in [0.2, 0.25) is 5.91 Å². The molecule has 0 radical (unpaired) electrons. The minimum atomic E-state index is -1.12. The number of esters is 2. The molecule has 414 valence electrons. The SMILES string of the molecule is COc1ccc(C(OC[C@@H]2C[C@@H](OC(=O)CCC(=O)O)CN2C(=O)CCCCCCC(=O)O[C@H]2CC[C@@]3(C)C(=CC[C@H]4[C@@H]5CC[C@H]([C@H](C)CCCC(C)C)[C@@]5(C)CC[C@@H]43)C2)(c2ccccc2)c2ccc(OC)cc2)cc1. The summed E-state index contributed by atoms with van der Waals surface area (Å²) >= 11 is 0. The third-order valence-electron chi connectivity index (χ3n) is 19.3. The Labute approximate surface area is 454 Å². The molecule has 1 N–H and O–H groups in total. The molecule has 0 unspecified atom stereocenters. The number of amides is 1. The molecule has 1 saturated heterocycles. The molecule has 10 atom stereocenters. The van der Waals surface area contributed by atoms with E-state index >= 15 is 0 Å². The van der Waals surface area contributed by atoms with Crippen molar-refractivity contribution in [3.8, 4) is 11.5 Å². The Morgan fingerprint density at radius 2 is 1.32 bits per heavy atom. The molecule has 76 heavy (non-hydrogen) atoms. The highest BCUT2D eigenvalue weighted by Crippen LogP contribution is 2.67. The van der Waals surface area contributed by atoms with E-state index in [1.54, 1.807) is 24.7 Å². The van der Waals surface area contributed by atoms with Gasteiger partial charge < -0.3 is 33.7 Å².